The molecule has 1 heterocycles. The lowest BCUT2D eigenvalue weighted by molar-refractivity contribution is 0.602. The monoisotopic (exact) mass is 441 g/mol. The van der Waals surface area contributed by atoms with Crippen LogP contribution in [0, 0.1) is 6.92 Å². The number of nitrogens with zero attached hydrogens (tertiary/aromatic N) is 3. The van der Waals surface area contributed by atoms with Gasteiger partial charge >= 0.3 is 0 Å². The van der Waals surface area contributed by atoms with Crippen molar-refractivity contribution in [1.29, 1.82) is 0 Å². The van der Waals surface area contributed by atoms with Gasteiger partial charge in [0.1, 0.15) is 5.82 Å². The Morgan fingerprint density at radius 1 is 1.10 bits per heavy atom. The van der Waals surface area contributed by atoms with E-state index in [1.807, 2.05) is 44.2 Å². The minimum absolute atomic E-state index is 0.347. The molecule has 0 spiro atoms. The van der Waals surface area contributed by atoms with Gasteiger partial charge in [-0.3, -0.25) is 4.99 Å². The number of guanidine groups is 1. The molecule has 0 bridgehead atoms. The summed E-state index contributed by atoms with van der Waals surface area (Å²) in [5.41, 5.74) is 3.28. The van der Waals surface area contributed by atoms with Gasteiger partial charge in [-0.2, -0.15) is 0 Å². The van der Waals surface area contributed by atoms with Crippen LogP contribution in [0.5, 0.6) is 0 Å². The summed E-state index contributed by atoms with van der Waals surface area (Å²) in [5, 5.41) is 6.62. The van der Waals surface area contributed by atoms with Crippen molar-refractivity contribution in [3.63, 3.8) is 0 Å². The lowest BCUT2D eigenvalue weighted by Gasteiger charge is -2.12. The van der Waals surface area contributed by atoms with Crippen molar-refractivity contribution in [1.82, 2.24) is 20.2 Å². The molecule has 166 valence electrons. The highest BCUT2D eigenvalue weighted by Crippen LogP contribution is 2.15. The number of aliphatic imine (C=N–C) groups is 1. The van der Waals surface area contributed by atoms with Gasteiger partial charge in [0.25, 0.3) is 0 Å². The molecule has 7 nitrogen and oxygen atoms in total. The molecule has 2 aromatic carbocycles. The molecule has 0 fully saturated rings. The molecule has 0 atom stereocenters. The lowest BCUT2D eigenvalue weighted by Crippen LogP contribution is -2.38. The van der Waals surface area contributed by atoms with Crippen molar-refractivity contribution >= 4 is 26.8 Å². The molecule has 0 unspecified atom stereocenters. The number of hydrogen-bond acceptors (Lipinski definition) is 4. The second-order valence-electron chi connectivity index (χ2n) is 7.51. The van der Waals surface area contributed by atoms with E-state index < -0.39 is 9.84 Å². The summed E-state index contributed by atoms with van der Waals surface area (Å²) in [6, 6.07) is 15.2. The van der Waals surface area contributed by atoms with Crippen LogP contribution in [-0.2, 0) is 22.8 Å². The summed E-state index contributed by atoms with van der Waals surface area (Å²) >= 11 is 0. The Balaban J connectivity index is 1.50. The van der Waals surface area contributed by atoms with E-state index >= 15 is 0 Å². The molecule has 8 heteroatoms. The Kier molecular flexibility index (Phi) is 7.68. The van der Waals surface area contributed by atoms with Crippen LogP contribution in [0.1, 0.15) is 24.7 Å². The Morgan fingerprint density at radius 3 is 2.55 bits per heavy atom. The zero-order chi connectivity index (χ0) is 22.3. The van der Waals surface area contributed by atoms with Gasteiger partial charge in [-0.05, 0) is 56.5 Å². The third kappa shape index (κ3) is 6.30. The molecule has 0 aliphatic carbocycles. The van der Waals surface area contributed by atoms with E-state index in [1.165, 1.54) is 6.26 Å². The Bertz CT molecular complexity index is 1130. The summed E-state index contributed by atoms with van der Waals surface area (Å²) in [6.45, 7) is 7.18. The number of para-hydroxylation sites is 2. The molecule has 0 radical (unpaired) electrons. The molecular weight excluding hydrogens is 410 g/mol. The van der Waals surface area contributed by atoms with Crippen LogP contribution in [0.3, 0.4) is 0 Å². The fourth-order valence-corrected chi connectivity index (χ4v) is 4.10. The number of rotatable bonds is 9. The summed E-state index contributed by atoms with van der Waals surface area (Å²) in [5.74, 6) is 1.82. The summed E-state index contributed by atoms with van der Waals surface area (Å²) in [6.07, 6.45) is 2.93. The number of fused-ring (bicyclic) bond motifs is 1. The number of imidazole rings is 1. The predicted molar refractivity (Wildman–Crippen MR) is 126 cm³/mol. The first-order valence-corrected chi connectivity index (χ1v) is 12.5. The normalized spacial score (nSPS) is 12.3. The van der Waals surface area contributed by atoms with Crippen molar-refractivity contribution in [2.24, 2.45) is 4.99 Å². The molecule has 0 saturated heterocycles. The highest BCUT2D eigenvalue weighted by Gasteiger charge is 2.07. The Morgan fingerprint density at radius 2 is 1.84 bits per heavy atom. The van der Waals surface area contributed by atoms with E-state index in [0.29, 0.717) is 11.4 Å². The molecule has 31 heavy (non-hydrogen) atoms. The van der Waals surface area contributed by atoms with Crippen molar-refractivity contribution in [3.05, 3.63) is 59.9 Å². The number of aryl methyl sites for hydroxylation is 2. The predicted octanol–water partition coefficient (Wildman–Crippen LogP) is 2.94. The van der Waals surface area contributed by atoms with Gasteiger partial charge in [0.2, 0.25) is 0 Å². The van der Waals surface area contributed by atoms with E-state index in [-0.39, 0.29) is 0 Å². The molecular formula is C23H31N5O2S. The van der Waals surface area contributed by atoms with Crippen molar-refractivity contribution in [3.8, 4) is 0 Å². The van der Waals surface area contributed by atoms with Crippen LogP contribution in [0.4, 0.5) is 0 Å². The third-order valence-corrected chi connectivity index (χ3v) is 6.19. The van der Waals surface area contributed by atoms with Gasteiger partial charge in [0, 0.05) is 32.4 Å². The smallest absolute Gasteiger partial charge is 0.191 e. The first kappa shape index (κ1) is 22.8. The van der Waals surface area contributed by atoms with E-state index in [9.17, 15) is 8.42 Å². The highest BCUT2D eigenvalue weighted by molar-refractivity contribution is 7.90. The summed E-state index contributed by atoms with van der Waals surface area (Å²) in [4.78, 5) is 9.64. The fraction of sp³-hybridized carbons (Fsp3) is 0.391. The SMILES string of the molecule is CCNC(=NCCCn1c(C)nc2ccccc21)NCCc1ccc(S(C)(=O)=O)cc1. The van der Waals surface area contributed by atoms with Crippen LogP contribution in [0.15, 0.2) is 58.4 Å². The van der Waals surface area contributed by atoms with Gasteiger partial charge in [-0.1, -0.05) is 24.3 Å². The average Bonchev–Trinajstić information content (AvgIpc) is 3.06. The van der Waals surface area contributed by atoms with Crippen LogP contribution in [-0.4, -0.2) is 49.8 Å². The molecule has 3 aromatic rings. The second-order valence-corrected chi connectivity index (χ2v) is 9.52. The standard InChI is InChI=1S/C23H31N5O2S/c1-4-24-23(26-16-14-19-10-12-20(13-11-19)31(3,29)30)25-15-7-17-28-18(2)27-21-8-5-6-9-22(21)28/h5-6,8-13H,4,7,14-17H2,1-3H3,(H2,24,25,26). The van der Waals surface area contributed by atoms with Crippen molar-refractivity contribution in [2.75, 3.05) is 25.9 Å². The third-order valence-electron chi connectivity index (χ3n) is 5.06. The largest absolute Gasteiger partial charge is 0.357 e. The topological polar surface area (TPSA) is 88.4 Å². The zero-order valence-electron chi connectivity index (χ0n) is 18.4. The van der Waals surface area contributed by atoms with Gasteiger partial charge in [-0.15, -0.1) is 0 Å². The minimum Gasteiger partial charge on any atom is -0.357 e. The van der Waals surface area contributed by atoms with Gasteiger partial charge < -0.3 is 15.2 Å². The first-order valence-electron chi connectivity index (χ1n) is 10.6. The molecule has 1 aromatic heterocycles. The molecule has 0 amide bonds. The Hall–Kier alpha value is -2.87. The van der Waals surface area contributed by atoms with E-state index in [0.717, 1.165) is 60.9 Å². The highest BCUT2D eigenvalue weighted by atomic mass is 32.2. The quantitative estimate of drug-likeness (QED) is 0.303. The maximum absolute atomic E-state index is 11.6. The lowest BCUT2D eigenvalue weighted by atomic mass is 10.1. The number of benzene rings is 2. The number of sulfone groups is 1. The zero-order valence-corrected chi connectivity index (χ0v) is 19.2. The molecule has 3 rings (SSSR count). The second kappa shape index (κ2) is 10.4. The maximum atomic E-state index is 11.6. The number of nitrogens with one attached hydrogen (secondary N) is 2. The van der Waals surface area contributed by atoms with Crippen LogP contribution in [0.25, 0.3) is 11.0 Å². The maximum Gasteiger partial charge on any atom is 0.191 e. The van der Waals surface area contributed by atoms with Gasteiger partial charge in [0.05, 0.1) is 15.9 Å². The van der Waals surface area contributed by atoms with Crippen LogP contribution in [0.2, 0.25) is 0 Å². The average molecular weight is 442 g/mol. The van der Waals surface area contributed by atoms with Crippen molar-refractivity contribution < 1.29 is 8.42 Å². The number of aromatic nitrogens is 2. The van der Waals surface area contributed by atoms with E-state index in [1.54, 1.807) is 12.1 Å². The van der Waals surface area contributed by atoms with Crippen LogP contribution >= 0.6 is 0 Å². The fourth-order valence-electron chi connectivity index (χ4n) is 3.47. The minimum atomic E-state index is -3.16. The summed E-state index contributed by atoms with van der Waals surface area (Å²) in [7, 11) is -3.16. The molecule has 0 aliphatic rings. The Labute approximate surface area is 184 Å². The summed E-state index contributed by atoms with van der Waals surface area (Å²) < 4.78 is 25.4. The van der Waals surface area contributed by atoms with Crippen LogP contribution < -0.4 is 10.6 Å². The van der Waals surface area contributed by atoms with Gasteiger partial charge in [-0.25, -0.2) is 13.4 Å². The first-order chi connectivity index (χ1) is 14.9. The molecule has 0 saturated carbocycles. The van der Waals surface area contributed by atoms with Crippen molar-refractivity contribution in [2.45, 2.75) is 38.1 Å². The number of hydrogen-bond donors (Lipinski definition) is 2. The van der Waals surface area contributed by atoms with Gasteiger partial charge in [0.15, 0.2) is 15.8 Å². The molecule has 0 aliphatic heterocycles. The van der Waals surface area contributed by atoms with E-state index in [2.05, 4.69) is 31.2 Å². The van der Waals surface area contributed by atoms with E-state index in [4.69, 9.17) is 0 Å². The molecule has 2 N–H and O–H groups in total.